The topological polar surface area (TPSA) is 104 Å². The van der Waals surface area contributed by atoms with Crippen molar-refractivity contribution in [3.63, 3.8) is 0 Å². The zero-order valence-corrected chi connectivity index (χ0v) is 24.5. The quantitative estimate of drug-likeness (QED) is 0.226. The molecule has 0 aromatic heterocycles. The molecular weight excluding hydrogens is 611 g/mol. The first-order valence-corrected chi connectivity index (χ1v) is 15.2. The van der Waals surface area contributed by atoms with E-state index < -0.39 is 45.2 Å². The van der Waals surface area contributed by atoms with Crippen molar-refractivity contribution in [2.24, 2.45) is 17.8 Å². The largest absolute Gasteiger partial charge is 0.508 e. The molecule has 4 amide bonds. The number of likely N-dealkylation sites (tertiary alicyclic amines) is 2. The van der Waals surface area contributed by atoms with Crippen molar-refractivity contribution in [1.29, 1.82) is 0 Å². The number of aromatic hydroxyl groups is 1. The minimum Gasteiger partial charge on any atom is -0.508 e. The van der Waals surface area contributed by atoms with Gasteiger partial charge in [-0.25, -0.2) is 0 Å². The van der Waals surface area contributed by atoms with Gasteiger partial charge in [0.05, 0.1) is 24.4 Å². The zero-order chi connectivity index (χ0) is 27.9. The molecule has 0 unspecified atom stereocenters. The number of phenolic OH excluding ortho intramolecular Hbond substituents is 1. The average Bonchev–Trinajstić information content (AvgIpc) is 3.27. The number of ether oxygens (including phenoxy) is 1. The lowest BCUT2D eigenvalue weighted by atomic mass is 9.56. The van der Waals surface area contributed by atoms with Crippen molar-refractivity contribution >= 4 is 62.8 Å². The van der Waals surface area contributed by atoms with Crippen LogP contribution in [0.1, 0.15) is 56.4 Å². The van der Waals surface area contributed by atoms with Gasteiger partial charge >= 0.3 is 0 Å². The lowest BCUT2D eigenvalue weighted by molar-refractivity contribution is -0.144. The fourth-order valence-electron chi connectivity index (χ4n) is 7.72. The highest BCUT2D eigenvalue weighted by Gasteiger charge is 2.76. The van der Waals surface area contributed by atoms with Crippen LogP contribution in [0.2, 0.25) is 0 Å². The van der Waals surface area contributed by atoms with Gasteiger partial charge in [-0.05, 0) is 37.7 Å². The number of rotatable bonds is 4. The summed E-state index contributed by atoms with van der Waals surface area (Å²) in [6.07, 6.45) is 6.75. The van der Waals surface area contributed by atoms with E-state index in [1.165, 1.54) is 18.1 Å². The van der Waals surface area contributed by atoms with Gasteiger partial charge in [-0.15, -0.1) is 23.2 Å². The molecule has 208 valence electrons. The van der Waals surface area contributed by atoms with Gasteiger partial charge in [0.15, 0.2) is 9.75 Å². The summed E-state index contributed by atoms with van der Waals surface area (Å²) >= 11 is 17.6. The fourth-order valence-corrected chi connectivity index (χ4v) is 9.13. The van der Waals surface area contributed by atoms with E-state index in [9.17, 15) is 24.3 Å². The van der Waals surface area contributed by atoms with Crippen LogP contribution in [0.4, 0.5) is 0 Å². The monoisotopic (exact) mass is 638 g/mol. The molecule has 2 heterocycles. The first-order valence-electron chi connectivity index (χ1n) is 13.3. The van der Waals surface area contributed by atoms with E-state index in [4.69, 9.17) is 27.9 Å². The molecule has 11 heteroatoms. The molecule has 39 heavy (non-hydrogen) atoms. The van der Waals surface area contributed by atoms with Crippen LogP contribution in [-0.4, -0.2) is 66.9 Å². The van der Waals surface area contributed by atoms with Crippen molar-refractivity contribution in [2.75, 3.05) is 12.6 Å². The molecule has 0 bridgehead atoms. The van der Waals surface area contributed by atoms with E-state index in [0.29, 0.717) is 23.3 Å². The zero-order valence-electron chi connectivity index (χ0n) is 21.4. The molecule has 2 saturated carbocycles. The number of nitrogens with zero attached hydrogens (tertiary/aromatic N) is 2. The molecule has 4 fully saturated rings. The van der Waals surface area contributed by atoms with Crippen LogP contribution < -0.4 is 4.74 Å². The van der Waals surface area contributed by atoms with Gasteiger partial charge in [0.2, 0.25) is 11.8 Å². The van der Waals surface area contributed by atoms with Gasteiger partial charge in [0.25, 0.3) is 11.8 Å². The van der Waals surface area contributed by atoms with Crippen molar-refractivity contribution in [1.82, 2.24) is 9.80 Å². The van der Waals surface area contributed by atoms with Crippen LogP contribution in [0.25, 0.3) is 0 Å². The summed E-state index contributed by atoms with van der Waals surface area (Å²) in [6.45, 7) is 0. The van der Waals surface area contributed by atoms with Crippen molar-refractivity contribution in [2.45, 2.75) is 66.7 Å². The maximum atomic E-state index is 14.0. The molecular formula is C28H29BrCl2N2O6. The van der Waals surface area contributed by atoms with Gasteiger partial charge < -0.3 is 9.84 Å². The van der Waals surface area contributed by atoms with Crippen LogP contribution in [0.5, 0.6) is 11.5 Å². The Kier molecular flexibility index (Phi) is 6.59. The Hall–Kier alpha value is -2.10. The van der Waals surface area contributed by atoms with Gasteiger partial charge in [-0.1, -0.05) is 52.9 Å². The molecule has 0 radical (unpaired) electrons. The lowest BCUT2D eigenvalue weighted by Crippen LogP contribution is -2.60. The lowest BCUT2D eigenvalue weighted by Gasteiger charge is -2.50. The Balaban J connectivity index is 1.50. The molecule has 3 aliphatic carbocycles. The van der Waals surface area contributed by atoms with E-state index >= 15 is 0 Å². The van der Waals surface area contributed by atoms with E-state index in [0.717, 1.165) is 37.0 Å². The van der Waals surface area contributed by atoms with Gasteiger partial charge in [-0.3, -0.25) is 29.0 Å². The number of halogens is 3. The highest BCUT2D eigenvalue weighted by Crippen LogP contribution is 2.66. The van der Waals surface area contributed by atoms with Gasteiger partial charge in [-0.2, -0.15) is 0 Å². The highest BCUT2D eigenvalue weighted by molar-refractivity contribution is 9.09. The van der Waals surface area contributed by atoms with Crippen LogP contribution in [0, 0.1) is 17.8 Å². The van der Waals surface area contributed by atoms with Gasteiger partial charge in [0, 0.05) is 23.6 Å². The number of phenols is 1. The number of benzene rings is 1. The summed E-state index contributed by atoms with van der Waals surface area (Å²) in [5, 5.41) is 11.1. The first kappa shape index (κ1) is 27.1. The number of allylic oxidation sites excluding steroid dienone is 2. The minimum absolute atomic E-state index is 0.0654. The van der Waals surface area contributed by atoms with Crippen molar-refractivity contribution in [3.05, 3.63) is 35.4 Å². The van der Waals surface area contributed by atoms with E-state index in [2.05, 4.69) is 15.9 Å². The number of hydrogen-bond acceptors (Lipinski definition) is 6. The summed E-state index contributed by atoms with van der Waals surface area (Å²) in [5.41, 5.74) is 0.869. The third-order valence-electron chi connectivity index (χ3n) is 9.54. The van der Waals surface area contributed by atoms with Crippen LogP contribution in [0.15, 0.2) is 29.8 Å². The molecule has 6 rings (SSSR count). The Morgan fingerprint density at radius 1 is 1.05 bits per heavy atom. The summed E-state index contributed by atoms with van der Waals surface area (Å²) in [6, 6.07) is 4.55. The molecule has 2 saturated heterocycles. The SMILES string of the molecule is COc1ccc([C@H]2C3=CC[C@@H]4C(=O)N(C5CCCCC5)C(=O)[C@@H]4[C@@H]3C[C@@]3(Cl)C(=O)N(CBr)C(=O)[C@@]23Cl)c(O)c1. The smallest absolute Gasteiger partial charge is 0.254 e. The maximum Gasteiger partial charge on any atom is 0.254 e. The van der Waals surface area contributed by atoms with Crippen LogP contribution >= 0.6 is 39.1 Å². The van der Waals surface area contributed by atoms with Gasteiger partial charge in [0.1, 0.15) is 11.5 Å². The molecule has 0 spiro atoms. The second-order valence-electron chi connectivity index (χ2n) is 11.2. The molecule has 5 aliphatic rings. The summed E-state index contributed by atoms with van der Waals surface area (Å²) in [7, 11) is 1.47. The highest BCUT2D eigenvalue weighted by atomic mass is 79.9. The average molecular weight is 640 g/mol. The Labute approximate surface area is 244 Å². The number of methoxy groups -OCH3 is 1. The number of carbonyl (C=O) groups is 4. The molecule has 1 aromatic rings. The Bertz CT molecular complexity index is 1310. The third-order valence-corrected chi connectivity index (χ3v) is 11.5. The standard InChI is InChI=1S/C28H29BrCl2N2O6/c1-39-15-7-8-17(20(34)11-15)22-16-9-10-18-21(24(36)33(23(18)35)14-5-3-2-4-6-14)19(16)12-27(30)25(37)32(13-29)26(38)28(22,27)31/h7-9,11,14,18-19,21-22,34H,2-6,10,12-13H2,1H3/t18-,19+,21-,22+,27+,28-/m0/s1. The Morgan fingerprint density at radius 3 is 2.41 bits per heavy atom. The molecule has 1 aromatic carbocycles. The fraction of sp³-hybridized carbons (Fsp3) is 0.571. The maximum absolute atomic E-state index is 14.0. The second kappa shape index (κ2) is 9.48. The number of hydrogen-bond donors (Lipinski definition) is 1. The number of imide groups is 2. The van der Waals surface area contributed by atoms with E-state index in [1.54, 1.807) is 12.1 Å². The van der Waals surface area contributed by atoms with E-state index in [-0.39, 0.29) is 35.5 Å². The minimum atomic E-state index is -1.95. The first-order chi connectivity index (χ1) is 18.6. The number of amides is 4. The molecule has 6 atom stereocenters. The van der Waals surface area contributed by atoms with Crippen LogP contribution in [-0.2, 0) is 19.2 Å². The predicted molar refractivity (Wildman–Crippen MR) is 147 cm³/mol. The number of carbonyl (C=O) groups excluding carboxylic acids is 4. The molecule has 2 aliphatic heterocycles. The van der Waals surface area contributed by atoms with E-state index in [1.807, 2.05) is 6.08 Å². The number of fused-ring (bicyclic) bond motifs is 4. The Morgan fingerprint density at radius 2 is 1.77 bits per heavy atom. The van der Waals surface area contributed by atoms with Crippen molar-refractivity contribution < 1.29 is 29.0 Å². The third kappa shape index (κ3) is 3.54. The second-order valence-corrected chi connectivity index (χ2v) is 13.0. The van der Waals surface area contributed by atoms with Crippen LogP contribution in [0.3, 0.4) is 0 Å². The summed E-state index contributed by atoms with van der Waals surface area (Å²) in [4.78, 5) is 53.7. The normalized spacial score (nSPS) is 36.6. The summed E-state index contributed by atoms with van der Waals surface area (Å²) in [5.74, 6) is -4.36. The predicted octanol–water partition coefficient (Wildman–Crippen LogP) is 4.44. The molecule has 8 nitrogen and oxygen atoms in total. The van der Waals surface area contributed by atoms with Crippen molar-refractivity contribution in [3.8, 4) is 11.5 Å². The summed E-state index contributed by atoms with van der Waals surface area (Å²) < 4.78 is 5.24. The number of alkyl halides is 3. The molecule has 1 N–H and O–H groups in total.